The van der Waals surface area contributed by atoms with Crippen LogP contribution in [-0.2, 0) is 20.1 Å². The normalized spacial score (nSPS) is 10.8. The fourth-order valence-electron chi connectivity index (χ4n) is 1.61. The molecule has 0 aromatic carbocycles. The zero-order chi connectivity index (χ0) is 12.3. The first kappa shape index (κ1) is 12.3. The van der Waals surface area contributed by atoms with Gasteiger partial charge in [-0.25, -0.2) is 0 Å². The maximum absolute atomic E-state index is 4.21. The Bertz CT molecular complexity index is 507. The zero-order valence-electron chi connectivity index (χ0n) is 9.94. The van der Waals surface area contributed by atoms with Gasteiger partial charge in [-0.1, -0.05) is 0 Å². The van der Waals surface area contributed by atoms with Crippen LogP contribution >= 0.6 is 15.9 Å². The molecule has 0 spiro atoms. The fraction of sp³-hybridized carbons (Fsp3) is 0.333. The van der Waals surface area contributed by atoms with Crippen LogP contribution in [0.3, 0.4) is 0 Å². The first-order valence-electron chi connectivity index (χ1n) is 5.44. The lowest BCUT2D eigenvalue weighted by Crippen LogP contribution is -2.13. The third-order valence-corrected chi connectivity index (χ3v) is 3.18. The second-order valence-electron chi connectivity index (χ2n) is 3.99. The van der Waals surface area contributed by atoms with E-state index in [1.807, 2.05) is 24.1 Å². The van der Waals surface area contributed by atoms with Crippen LogP contribution in [0.1, 0.15) is 16.8 Å². The topological polar surface area (TPSA) is 42.7 Å². The van der Waals surface area contributed by atoms with Crippen LogP contribution in [0.2, 0.25) is 0 Å². The average Bonchev–Trinajstić information content (AvgIpc) is 2.61. The molecule has 1 N–H and O–H groups in total. The van der Waals surface area contributed by atoms with Crippen molar-refractivity contribution < 1.29 is 0 Å². The average molecular weight is 295 g/mol. The SMILES string of the molecule is Cc1c(CNCc2cncc(Br)c2)cnn1C. The van der Waals surface area contributed by atoms with Crippen molar-refractivity contribution in [3.63, 3.8) is 0 Å². The molecular formula is C12H15BrN4. The molecule has 17 heavy (non-hydrogen) atoms. The highest BCUT2D eigenvalue weighted by Crippen LogP contribution is 2.10. The molecule has 2 rings (SSSR count). The van der Waals surface area contributed by atoms with E-state index in [2.05, 4.69) is 44.3 Å². The smallest absolute Gasteiger partial charge is 0.0537 e. The van der Waals surface area contributed by atoms with Crippen molar-refractivity contribution in [2.45, 2.75) is 20.0 Å². The van der Waals surface area contributed by atoms with Crippen molar-refractivity contribution in [1.29, 1.82) is 0 Å². The first-order valence-corrected chi connectivity index (χ1v) is 6.23. The van der Waals surface area contributed by atoms with Gasteiger partial charge in [-0.05, 0) is 34.5 Å². The predicted octanol–water partition coefficient (Wildman–Crippen LogP) is 2.18. The Hall–Kier alpha value is -1.20. The minimum atomic E-state index is 0.806. The summed E-state index contributed by atoms with van der Waals surface area (Å²) in [6.45, 7) is 3.71. The van der Waals surface area contributed by atoms with E-state index in [1.54, 1.807) is 6.20 Å². The second-order valence-corrected chi connectivity index (χ2v) is 4.91. The molecule has 0 aliphatic heterocycles. The summed E-state index contributed by atoms with van der Waals surface area (Å²) in [7, 11) is 1.96. The number of aryl methyl sites for hydroxylation is 1. The van der Waals surface area contributed by atoms with Gasteiger partial charge in [-0.15, -0.1) is 0 Å². The molecule has 2 heterocycles. The molecule has 0 atom stereocenters. The Balaban J connectivity index is 1.90. The molecule has 90 valence electrons. The van der Waals surface area contributed by atoms with Crippen molar-refractivity contribution >= 4 is 15.9 Å². The fourth-order valence-corrected chi connectivity index (χ4v) is 2.02. The molecular weight excluding hydrogens is 280 g/mol. The second kappa shape index (κ2) is 5.42. The van der Waals surface area contributed by atoms with Crippen LogP contribution in [0.25, 0.3) is 0 Å². The summed E-state index contributed by atoms with van der Waals surface area (Å²) >= 11 is 3.41. The number of halogens is 1. The Morgan fingerprint density at radius 2 is 2.12 bits per heavy atom. The molecule has 0 amide bonds. The largest absolute Gasteiger partial charge is 0.308 e. The van der Waals surface area contributed by atoms with E-state index >= 15 is 0 Å². The molecule has 0 aliphatic rings. The van der Waals surface area contributed by atoms with Gasteiger partial charge in [-0.3, -0.25) is 9.67 Å². The van der Waals surface area contributed by atoms with Crippen molar-refractivity contribution in [2.24, 2.45) is 7.05 Å². The number of rotatable bonds is 4. The monoisotopic (exact) mass is 294 g/mol. The van der Waals surface area contributed by atoms with Crippen LogP contribution in [0.5, 0.6) is 0 Å². The van der Waals surface area contributed by atoms with E-state index in [1.165, 1.54) is 16.8 Å². The summed E-state index contributed by atoms with van der Waals surface area (Å²) in [6, 6.07) is 2.07. The molecule has 0 fully saturated rings. The number of hydrogen-bond donors (Lipinski definition) is 1. The zero-order valence-corrected chi connectivity index (χ0v) is 11.5. The Morgan fingerprint density at radius 3 is 2.76 bits per heavy atom. The lowest BCUT2D eigenvalue weighted by Gasteiger charge is -2.04. The molecule has 0 saturated heterocycles. The van der Waals surface area contributed by atoms with Crippen molar-refractivity contribution in [3.8, 4) is 0 Å². The van der Waals surface area contributed by atoms with E-state index in [4.69, 9.17) is 0 Å². The molecule has 0 saturated carbocycles. The third kappa shape index (κ3) is 3.14. The summed E-state index contributed by atoms with van der Waals surface area (Å²) in [5, 5.41) is 7.60. The van der Waals surface area contributed by atoms with Crippen molar-refractivity contribution in [3.05, 3.63) is 46.0 Å². The molecule has 0 bridgehead atoms. The Labute approximate surface area is 109 Å². The molecule has 4 nitrogen and oxygen atoms in total. The minimum Gasteiger partial charge on any atom is -0.308 e. The lowest BCUT2D eigenvalue weighted by atomic mass is 10.2. The van der Waals surface area contributed by atoms with E-state index < -0.39 is 0 Å². The molecule has 5 heteroatoms. The van der Waals surface area contributed by atoms with Crippen LogP contribution < -0.4 is 5.32 Å². The number of hydrogen-bond acceptors (Lipinski definition) is 3. The molecule has 0 unspecified atom stereocenters. The van der Waals surface area contributed by atoms with Crippen LogP contribution in [-0.4, -0.2) is 14.8 Å². The van der Waals surface area contributed by atoms with Gasteiger partial charge in [0.15, 0.2) is 0 Å². The van der Waals surface area contributed by atoms with E-state index in [0.717, 1.165) is 17.6 Å². The maximum atomic E-state index is 4.21. The highest BCUT2D eigenvalue weighted by Gasteiger charge is 2.02. The van der Waals surface area contributed by atoms with E-state index in [9.17, 15) is 0 Å². The quantitative estimate of drug-likeness (QED) is 0.940. The van der Waals surface area contributed by atoms with Crippen LogP contribution in [0.15, 0.2) is 29.1 Å². The van der Waals surface area contributed by atoms with Gasteiger partial charge in [0.1, 0.15) is 0 Å². The number of pyridine rings is 1. The minimum absolute atomic E-state index is 0.806. The van der Waals surface area contributed by atoms with Gasteiger partial charge in [0.25, 0.3) is 0 Å². The summed E-state index contributed by atoms with van der Waals surface area (Å²) in [5.41, 5.74) is 3.60. The highest BCUT2D eigenvalue weighted by molar-refractivity contribution is 9.10. The molecule has 0 radical (unpaired) electrons. The summed E-state index contributed by atoms with van der Waals surface area (Å²) in [5.74, 6) is 0. The molecule has 2 aromatic heterocycles. The standard InChI is InChI=1S/C12H15BrN4/c1-9-11(7-16-17(9)2)6-14-4-10-3-12(13)8-15-5-10/h3,5,7-8,14H,4,6H2,1-2H3. The number of aromatic nitrogens is 3. The molecule has 0 aliphatic carbocycles. The highest BCUT2D eigenvalue weighted by atomic mass is 79.9. The van der Waals surface area contributed by atoms with Gasteiger partial charge in [0.2, 0.25) is 0 Å². The van der Waals surface area contributed by atoms with Crippen LogP contribution in [0, 0.1) is 6.92 Å². The Kier molecular flexibility index (Phi) is 3.91. The van der Waals surface area contributed by atoms with E-state index in [0.29, 0.717) is 0 Å². The maximum Gasteiger partial charge on any atom is 0.0537 e. The number of nitrogens with zero attached hydrogens (tertiary/aromatic N) is 3. The summed E-state index contributed by atoms with van der Waals surface area (Å²) < 4.78 is 2.90. The van der Waals surface area contributed by atoms with Gasteiger partial charge in [-0.2, -0.15) is 5.10 Å². The Morgan fingerprint density at radius 1 is 1.29 bits per heavy atom. The van der Waals surface area contributed by atoms with Gasteiger partial charge in [0, 0.05) is 48.3 Å². The summed E-state index contributed by atoms with van der Waals surface area (Å²) in [6.07, 6.45) is 5.56. The lowest BCUT2D eigenvalue weighted by molar-refractivity contribution is 0.682. The number of nitrogens with one attached hydrogen (secondary N) is 1. The predicted molar refractivity (Wildman–Crippen MR) is 70.4 cm³/mol. The van der Waals surface area contributed by atoms with E-state index in [-0.39, 0.29) is 0 Å². The molecule has 2 aromatic rings. The first-order chi connectivity index (χ1) is 8.16. The van der Waals surface area contributed by atoms with Crippen LogP contribution in [0.4, 0.5) is 0 Å². The van der Waals surface area contributed by atoms with Gasteiger partial charge >= 0.3 is 0 Å². The summed E-state index contributed by atoms with van der Waals surface area (Å²) in [4.78, 5) is 4.13. The third-order valence-electron chi connectivity index (χ3n) is 2.74. The van der Waals surface area contributed by atoms with Crippen molar-refractivity contribution in [2.75, 3.05) is 0 Å². The van der Waals surface area contributed by atoms with Gasteiger partial charge < -0.3 is 5.32 Å². The van der Waals surface area contributed by atoms with Crippen molar-refractivity contribution in [1.82, 2.24) is 20.1 Å². The van der Waals surface area contributed by atoms with Gasteiger partial charge in [0.05, 0.1) is 6.20 Å².